The third-order valence-electron chi connectivity index (χ3n) is 1.72. The number of rotatable bonds is 4. The van der Waals surface area contributed by atoms with E-state index in [1.807, 2.05) is 0 Å². The molecule has 0 atom stereocenters. The van der Waals surface area contributed by atoms with Gasteiger partial charge in [0.1, 0.15) is 5.60 Å². The third kappa shape index (κ3) is 6.02. The minimum Gasteiger partial charge on any atom is -0.444 e. The second kappa shape index (κ2) is 6.23. The highest BCUT2D eigenvalue weighted by Gasteiger charge is 2.63. The van der Waals surface area contributed by atoms with Crippen LogP contribution in [-0.2, 0) is 9.53 Å². The van der Waals surface area contributed by atoms with Crippen molar-refractivity contribution in [3.05, 3.63) is 0 Å². The molecule has 0 aliphatic carbocycles. The molecule has 0 unspecified atom stereocenters. The van der Waals surface area contributed by atoms with Gasteiger partial charge in [0.25, 0.3) is 5.91 Å². The van der Waals surface area contributed by atoms with Gasteiger partial charge in [0.05, 0.1) is 0 Å². The van der Waals surface area contributed by atoms with Crippen LogP contribution in [0.15, 0.2) is 0 Å². The summed E-state index contributed by atoms with van der Waals surface area (Å²) in [7, 11) is 0. The molecule has 0 spiro atoms. The molecule has 10 heteroatoms. The van der Waals surface area contributed by atoms with Gasteiger partial charge >= 0.3 is 18.2 Å². The lowest BCUT2D eigenvalue weighted by Crippen LogP contribution is -2.51. The van der Waals surface area contributed by atoms with Gasteiger partial charge in [-0.3, -0.25) is 4.79 Å². The highest BCUT2D eigenvalue weighted by molar-refractivity contribution is 5.84. The van der Waals surface area contributed by atoms with Crippen LogP contribution in [-0.4, -0.2) is 42.8 Å². The van der Waals surface area contributed by atoms with Gasteiger partial charge in [-0.25, -0.2) is 4.79 Å². The SMILES string of the molecule is CC(C)(C)OC(=O)NCCNC(=O)C(F)(F)C(F)(F)F. The van der Waals surface area contributed by atoms with E-state index in [1.54, 1.807) is 20.8 Å². The van der Waals surface area contributed by atoms with Gasteiger partial charge < -0.3 is 15.4 Å². The maximum Gasteiger partial charge on any atom is 0.463 e. The zero-order valence-electron chi connectivity index (χ0n) is 11.0. The molecule has 20 heavy (non-hydrogen) atoms. The van der Waals surface area contributed by atoms with Crippen LogP contribution in [0, 0.1) is 0 Å². The van der Waals surface area contributed by atoms with E-state index in [0.29, 0.717) is 0 Å². The normalized spacial score (nSPS) is 12.8. The average molecular weight is 306 g/mol. The van der Waals surface area contributed by atoms with Gasteiger partial charge in [-0.2, -0.15) is 22.0 Å². The van der Waals surface area contributed by atoms with Crippen LogP contribution in [0.25, 0.3) is 0 Å². The van der Waals surface area contributed by atoms with E-state index >= 15 is 0 Å². The van der Waals surface area contributed by atoms with Crippen molar-refractivity contribution in [3.8, 4) is 0 Å². The van der Waals surface area contributed by atoms with E-state index < -0.39 is 36.2 Å². The predicted molar refractivity (Wildman–Crippen MR) is 58.2 cm³/mol. The van der Waals surface area contributed by atoms with Crippen LogP contribution in [0.2, 0.25) is 0 Å². The molecule has 0 saturated carbocycles. The molecule has 118 valence electrons. The van der Waals surface area contributed by atoms with Gasteiger partial charge in [-0.15, -0.1) is 0 Å². The Morgan fingerprint density at radius 3 is 1.80 bits per heavy atom. The monoisotopic (exact) mass is 306 g/mol. The molecule has 0 aliphatic heterocycles. The lowest BCUT2D eigenvalue weighted by Gasteiger charge is -2.20. The maximum atomic E-state index is 12.5. The number of carbonyl (C=O) groups excluding carboxylic acids is 2. The van der Waals surface area contributed by atoms with Gasteiger partial charge in [0.2, 0.25) is 0 Å². The first kappa shape index (κ1) is 18.4. The van der Waals surface area contributed by atoms with E-state index in [-0.39, 0.29) is 6.54 Å². The fourth-order valence-electron chi connectivity index (χ4n) is 0.895. The van der Waals surface area contributed by atoms with Crippen LogP contribution in [0.5, 0.6) is 0 Å². The summed E-state index contributed by atoms with van der Waals surface area (Å²) in [6, 6.07) is 0. The van der Waals surface area contributed by atoms with Crippen molar-refractivity contribution < 1.29 is 36.3 Å². The first-order chi connectivity index (χ1) is 8.77. The number of nitrogens with one attached hydrogen (secondary N) is 2. The fourth-order valence-corrected chi connectivity index (χ4v) is 0.895. The number of alkyl carbamates (subject to hydrolysis) is 1. The van der Waals surface area contributed by atoms with E-state index in [9.17, 15) is 31.5 Å². The minimum absolute atomic E-state index is 0.353. The molecule has 2 N–H and O–H groups in total. The number of ether oxygens (including phenoxy) is 1. The van der Waals surface area contributed by atoms with Gasteiger partial charge in [-0.1, -0.05) is 0 Å². The highest BCUT2D eigenvalue weighted by Crippen LogP contribution is 2.35. The Morgan fingerprint density at radius 2 is 1.40 bits per heavy atom. The molecular weight excluding hydrogens is 291 g/mol. The summed E-state index contributed by atoms with van der Waals surface area (Å²) < 4.78 is 65.2. The first-order valence-corrected chi connectivity index (χ1v) is 5.47. The second-order valence-electron chi connectivity index (χ2n) is 4.76. The standard InChI is InChI=1S/C10H15F5N2O3/c1-8(2,3)20-7(19)17-5-4-16-6(18)9(11,12)10(13,14)15/h4-5H2,1-3H3,(H,16,18)(H,17,19). The quantitative estimate of drug-likeness (QED) is 0.615. The van der Waals surface area contributed by atoms with Gasteiger partial charge in [0, 0.05) is 13.1 Å². The summed E-state index contributed by atoms with van der Waals surface area (Å²) in [5.74, 6) is -7.95. The summed E-state index contributed by atoms with van der Waals surface area (Å²) in [6.45, 7) is 3.80. The molecule has 0 fully saturated rings. The molecule has 0 saturated heterocycles. The molecule has 0 aliphatic rings. The van der Waals surface area contributed by atoms with E-state index in [0.717, 1.165) is 0 Å². The van der Waals surface area contributed by atoms with Crippen molar-refractivity contribution in [2.75, 3.05) is 13.1 Å². The zero-order valence-corrected chi connectivity index (χ0v) is 11.0. The van der Waals surface area contributed by atoms with E-state index in [4.69, 9.17) is 4.74 Å². The Labute approximate surface area is 111 Å². The first-order valence-electron chi connectivity index (χ1n) is 5.47. The van der Waals surface area contributed by atoms with Crippen LogP contribution >= 0.6 is 0 Å². The summed E-state index contributed by atoms with van der Waals surface area (Å²) in [5, 5.41) is 3.45. The Hall–Kier alpha value is -1.61. The molecule has 0 aromatic rings. The fraction of sp³-hybridized carbons (Fsp3) is 0.800. The Balaban J connectivity index is 4.09. The number of amides is 2. The summed E-state index contributed by atoms with van der Waals surface area (Å²) >= 11 is 0. The Bertz CT molecular complexity index is 363. The van der Waals surface area contributed by atoms with E-state index in [2.05, 4.69) is 5.32 Å². The van der Waals surface area contributed by atoms with Crippen molar-refractivity contribution in [2.24, 2.45) is 0 Å². The van der Waals surface area contributed by atoms with Crippen molar-refractivity contribution in [2.45, 2.75) is 38.5 Å². The molecule has 0 aromatic carbocycles. The number of hydrogen-bond acceptors (Lipinski definition) is 3. The number of carbonyl (C=O) groups is 2. The smallest absolute Gasteiger partial charge is 0.444 e. The zero-order chi connectivity index (χ0) is 16.2. The predicted octanol–water partition coefficient (Wildman–Crippen LogP) is 1.82. The van der Waals surface area contributed by atoms with Gasteiger partial charge in [-0.05, 0) is 20.8 Å². The second-order valence-corrected chi connectivity index (χ2v) is 4.76. The third-order valence-corrected chi connectivity index (χ3v) is 1.72. The summed E-state index contributed by atoms with van der Waals surface area (Å²) in [4.78, 5) is 21.7. The lowest BCUT2D eigenvalue weighted by atomic mass is 10.2. The largest absolute Gasteiger partial charge is 0.463 e. The van der Waals surface area contributed by atoms with Crippen molar-refractivity contribution in [1.82, 2.24) is 10.6 Å². The molecule has 0 heterocycles. The van der Waals surface area contributed by atoms with E-state index in [1.165, 1.54) is 5.32 Å². The number of alkyl halides is 5. The van der Waals surface area contributed by atoms with Crippen molar-refractivity contribution in [3.63, 3.8) is 0 Å². The summed E-state index contributed by atoms with van der Waals surface area (Å²) in [5.41, 5.74) is -0.781. The molecule has 0 aromatic heterocycles. The van der Waals surface area contributed by atoms with Crippen molar-refractivity contribution in [1.29, 1.82) is 0 Å². The summed E-state index contributed by atoms with van der Waals surface area (Å²) in [6.07, 6.45) is -6.84. The Morgan fingerprint density at radius 1 is 0.950 bits per heavy atom. The minimum atomic E-state index is -5.96. The van der Waals surface area contributed by atoms with Crippen molar-refractivity contribution >= 4 is 12.0 Å². The molecule has 0 rings (SSSR count). The highest BCUT2D eigenvalue weighted by atomic mass is 19.4. The Kier molecular flexibility index (Phi) is 5.73. The van der Waals surface area contributed by atoms with Crippen LogP contribution in [0.3, 0.4) is 0 Å². The van der Waals surface area contributed by atoms with Crippen LogP contribution < -0.4 is 10.6 Å². The average Bonchev–Trinajstić information content (AvgIpc) is 2.19. The molecule has 2 amide bonds. The van der Waals surface area contributed by atoms with Gasteiger partial charge in [0.15, 0.2) is 0 Å². The lowest BCUT2D eigenvalue weighted by molar-refractivity contribution is -0.269. The van der Waals surface area contributed by atoms with Crippen LogP contribution in [0.1, 0.15) is 20.8 Å². The maximum absolute atomic E-state index is 12.5. The number of halogens is 5. The number of hydrogen-bond donors (Lipinski definition) is 2. The molecule has 0 bridgehead atoms. The molecule has 5 nitrogen and oxygen atoms in total. The molecule has 0 radical (unpaired) electrons. The molecular formula is C10H15F5N2O3. The van der Waals surface area contributed by atoms with Crippen LogP contribution in [0.4, 0.5) is 26.7 Å². The topological polar surface area (TPSA) is 67.4 Å².